The minimum atomic E-state index is -0.0163. The lowest BCUT2D eigenvalue weighted by Crippen LogP contribution is -2.52. The number of carbonyl (C=O) groups is 1. The molecule has 140 valence electrons. The topological polar surface area (TPSA) is 68.6 Å². The highest BCUT2D eigenvalue weighted by molar-refractivity contribution is 5.74. The molecule has 0 radical (unpaired) electrons. The van der Waals surface area contributed by atoms with Gasteiger partial charge in [-0.3, -0.25) is 0 Å². The molecule has 1 aliphatic rings. The fraction of sp³-hybridized carbons (Fsp3) is 0.333. The summed E-state index contributed by atoms with van der Waals surface area (Å²) in [5.74, 6) is 0.831. The summed E-state index contributed by atoms with van der Waals surface area (Å²) in [5, 5.41) is 11.9. The van der Waals surface area contributed by atoms with Gasteiger partial charge in [-0.15, -0.1) is 0 Å². The Hall–Kier alpha value is -3.20. The quantitative estimate of drug-likeness (QED) is 0.886. The summed E-state index contributed by atoms with van der Waals surface area (Å²) in [5.41, 5.74) is 2.89. The van der Waals surface area contributed by atoms with Gasteiger partial charge in [0.15, 0.2) is 0 Å². The molecule has 1 heterocycles. The van der Waals surface area contributed by atoms with Gasteiger partial charge in [-0.1, -0.05) is 12.1 Å². The molecule has 0 aromatic heterocycles. The van der Waals surface area contributed by atoms with Gasteiger partial charge in [-0.2, -0.15) is 5.26 Å². The summed E-state index contributed by atoms with van der Waals surface area (Å²) in [6.07, 6.45) is 0.772. The lowest BCUT2D eigenvalue weighted by molar-refractivity contribution is 0.194. The highest BCUT2D eigenvalue weighted by Gasteiger charge is 2.20. The molecule has 2 aromatic rings. The number of anilines is 1. The van der Waals surface area contributed by atoms with Crippen LogP contribution in [0.3, 0.4) is 0 Å². The van der Waals surface area contributed by atoms with Gasteiger partial charge in [0.1, 0.15) is 5.75 Å². The number of nitriles is 1. The fourth-order valence-corrected chi connectivity index (χ4v) is 3.17. The number of methoxy groups -OCH3 is 1. The molecule has 1 fully saturated rings. The van der Waals surface area contributed by atoms with Crippen LogP contribution in [0.15, 0.2) is 48.5 Å². The number of nitrogens with zero attached hydrogens (tertiary/aromatic N) is 3. The third-order valence-electron chi connectivity index (χ3n) is 4.75. The molecular weight excluding hydrogens is 340 g/mol. The molecule has 27 heavy (non-hydrogen) atoms. The smallest absolute Gasteiger partial charge is 0.317 e. The summed E-state index contributed by atoms with van der Waals surface area (Å²) >= 11 is 0. The van der Waals surface area contributed by atoms with Crippen molar-refractivity contribution in [3.63, 3.8) is 0 Å². The third-order valence-corrected chi connectivity index (χ3v) is 4.75. The van der Waals surface area contributed by atoms with Gasteiger partial charge < -0.3 is 19.9 Å². The zero-order chi connectivity index (χ0) is 19.1. The molecule has 1 N–H and O–H groups in total. The van der Waals surface area contributed by atoms with Crippen molar-refractivity contribution in [2.75, 3.05) is 44.7 Å². The SMILES string of the molecule is COc1cccc(CCNC(=O)N2CCN(c3ccc(C#N)cc3)CC2)c1. The number of hydrogen-bond acceptors (Lipinski definition) is 4. The van der Waals surface area contributed by atoms with E-state index < -0.39 is 0 Å². The number of urea groups is 1. The van der Waals surface area contributed by atoms with E-state index in [1.807, 2.05) is 53.4 Å². The lowest BCUT2D eigenvalue weighted by Gasteiger charge is -2.36. The monoisotopic (exact) mass is 364 g/mol. The van der Waals surface area contributed by atoms with E-state index in [4.69, 9.17) is 10.00 Å². The Kier molecular flexibility index (Phi) is 6.16. The van der Waals surface area contributed by atoms with Crippen LogP contribution < -0.4 is 15.0 Å². The Morgan fingerprint density at radius 1 is 1.15 bits per heavy atom. The first kappa shape index (κ1) is 18.6. The Morgan fingerprint density at radius 2 is 1.89 bits per heavy atom. The molecule has 0 bridgehead atoms. The predicted octanol–water partition coefficient (Wildman–Crippen LogP) is 2.64. The normalized spacial score (nSPS) is 13.8. The van der Waals surface area contributed by atoms with E-state index in [1.165, 1.54) is 0 Å². The van der Waals surface area contributed by atoms with E-state index in [0.29, 0.717) is 25.2 Å². The first-order chi connectivity index (χ1) is 13.2. The van der Waals surface area contributed by atoms with Crippen LogP contribution in [-0.2, 0) is 6.42 Å². The van der Waals surface area contributed by atoms with E-state index in [0.717, 1.165) is 36.5 Å². The number of amides is 2. The van der Waals surface area contributed by atoms with Crippen molar-refractivity contribution in [3.05, 3.63) is 59.7 Å². The molecule has 1 aliphatic heterocycles. The van der Waals surface area contributed by atoms with Gasteiger partial charge in [0.05, 0.1) is 18.7 Å². The molecule has 3 rings (SSSR count). The number of hydrogen-bond donors (Lipinski definition) is 1. The van der Waals surface area contributed by atoms with E-state index in [2.05, 4.69) is 16.3 Å². The van der Waals surface area contributed by atoms with Gasteiger partial charge in [-0.25, -0.2) is 4.79 Å². The maximum atomic E-state index is 12.4. The molecule has 0 atom stereocenters. The maximum absolute atomic E-state index is 12.4. The Labute approximate surface area is 160 Å². The van der Waals surface area contributed by atoms with Crippen LogP contribution in [0, 0.1) is 11.3 Å². The van der Waals surface area contributed by atoms with Gasteiger partial charge in [0.2, 0.25) is 0 Å². The highest BCUT2D eigenvalue weighted by Crippen LogP contribution is 2.17. The molecule has 0 aliphatic carbocycles. The number of rotatable bonds is 5. The van der Waals surface area contributed by atoms with Gasteiger partial charge >= 0.3 is 6.03 Å². The molecule has 6 nitrogen and oxygen atoms in total. The zero-order valence-electron chi connectivity index (χ0n) is 15.5. The largest absolute Gasteiger partial charge is 0.497 e. The molecule has 0 saturated carbocycles. The van der Waals surface area contributed by atoms with Crippen molar-refractivity contribution in [2.24, 2.45) is 0 Å². The van der Waals surface area contributed by atoms with E-state index in [1.54, 1.807) is 7.11 Å². The minimum Gasteiger partial charge on any atom is -0.497 e. The predicted molar refractivity (Wildman–Crippen MR) is 105 cm³/mol. The third kappa shape index (κ3) is 4.91. The average molecular weight is 364 g/mol. The van der Waals surface area contributed by atoms with E-state index in [9.17, 15) is 4.79 Å². The van der Waals surface area contributed by atoms with Gasteiger partial charge in [0, 0.05) is 38.4 Å². The Morgan fingerprint density at radius 3 is 2.56 bits per heavy atom. The molecule has 2 amide bonds. The number of benzene rings is 2. The summed E-state index contributed by atoms with van der Waals surface area (Å²) in [7, 11) is 1.65. The van der Waals surface area contributed by atoms with Crippen molar-refractivity contribution in [3.8, 4) is 11.8 Å². The van der Waals surface area contributed by atoms with E-state index >= 15 is 0 Å². The zero-order valence-corrected chi connectivity index (χ0v) is 15.5. The maximum Gasteiger partial charge on any atom is 0.317 e. The molecule has 1 saturated heterocycles. The summed E-state index contributed by atoms with van der Waals surface area (Å²) in [6.45, 7) is 3.54. The van der Waals surface area contributed by atoms with Crippen LogP contribution in [-0.4, -0.2) is 50.8 Å². The highest BCUT2D eigenvalue weighted by atomic mass is 16.5. The second-order valence-electron chi connectivity index (χ2n) is 6.47. The molecular formula is C21H24N4O2. The fourth-order valence-electron chi connectivity index (χ4n) is 3.17. The number of piperazine rings is 1. The summed E-state index contributed by atoms with van der Waals surface area (Å²) in [4.78, 5) is 16.5. The number of ether oxygens (including phenoxy) is 1. The summed E-state index contributed by atoms with van der Waals surface area (Å²) in [6, 6.07) is 17.6. The number of carbonyl (C=O) groups excluding carboxylic acids is 1. The van der Waals surface area contributed by atoms with Gasteiger partial charge in [0.25, 0.3) is 0 Å². The molecule has 0 spiro atoms. The molecule has 2 aromatic carbocycles. The van der Waals surface area contributed by atoms with Crippen molar-refractivity contribution in [1.82, 2.24) is 10.2 Å². The van der Waals surface area contributed by atoms with Crippen molar-refractivity contribution in [2.45, 2.75) is 6.42 Å². The second-order valence-corrected chi connectivity index (χ2v) is 6.47. The van der Waals surface area contributed by atoms with Crippen LogP contribution in [0.1, 0.15) is 11.1 Å². The Bertz CT molecular complexity index is 806. The van der Waals surface area contributed by atoms with Crippen LogP contribution >= 0.6 is 0 Å². The Balaban J connectivity index is 1.43. The van der Waals surface area contributed by atoms with Crippen molar-refractivity contribution in [1.29, 1.82) is 5.26 Å². The van der Waals surface area contributed by atoms with E-state index in [-0.39, 0.29) is 6.03 Å². The molecule has 6 heteroatoms. The van der Waals surface area contributed by atoms with Crippen LogP contribution in [0.2, 0.25) is 0 Å². The summed E-state index contributed by atoms with van der Waals surface area (Å²) < 4.78 is 5.22. The van der Waals surface area contributed by atoms with Crippen molar-refractivity contribution < 1.29 is 9.53 Å². The average Bonchev–Trinajstić information content (AvgIpc) is 2.74. The van der Waals surface area contributed by atoms with Gasteiger partial charge in [-0.05, 0) is 48.4 Å². The minimum absolute atomic E-state index is 0.0163. The lowest BCUT2D eigenvalue weighted by atomic mass is 10.1. The first-order valence-corrected chi connectivity index (χ1v) is 9.10. The van der Waals surface area contributed by atoms with Crippen LogP contribution in [0.25, 0.3) is 0 Å². The first-order valence-electron chi connectivity index (χ1n) is 9.10. The molecule has 0 unspecified atom stereocenters. The number of nitrogens with one attached hydrogen (secondary N) is 1. The van der Waals surface area contributed by atoms with Crippen molar-refractivity contribution >= 4 is 11.7 Å². The standard InChI is InChI=1S/C21H24N4O2/c1-27-20-4-2-3-17(15-20)9-10-23-21(26)25-13-11-24(12-14-25)19-7-5-18(16-22)6-8-19/h2-8,15H,9-14H2,1H3,(H,23,26). The van der Waals surface area contributed by atoms with Crippen LogP contribution in [0.5, 0.6) is 5.75 Å². The van der Waals surface area contributed by atoms with Crippen LogP contribution in [0.4, 0.5) is 10.5 Å². The second kappa shape index (κ2) is 8.95.